The molecule has 0 aliphatic carbocycles. The Morgan fingerprint density at radius 2 is 2.18 bits per heavy atom. The molecule has 1 atom stereocenters. The van der Waals surface area contributed by atoms with Crippen molar-refractivity contribution in [2.45, 2.75) is 18.9 Å². The van der Waals surface area contributed by atoms with Crippen molar-refractivity contribution in [2.75, 3.05) is 25.2 Å². The lowest BCUT2D eigenvalue weighted by molar-refractivity contribution is 0.228. The molecule has 94 valence electrons. The van der Waals surface area contributed by atoms with Crippen LogP contribution in [-0.2, 0) is 0 Å². The van der Waals surface area contributed by atoms with Crippen LogP contribution in [0.4, 0.5) is 0 Å². The summed E-state index contributed by atoms with van der Waals surface area (Å²) in [6.45, 7) is 2.13. The molecule has 0 amide bonds. The topological polar surface area (TPSA) is 38.7 Å². The maximum absolute atomic E-state index is 9.14. The molecule has 1 aliphatic rings. The minimum atomic E-state index is 0.122. The third kappa shape index (κ3) is 2.87. The highest BCUT2D eigenvalue weighted by molar-refractivity contribution is 8.00. The van der Waals surface area contributed by atoms with Crippen LogP contribution in [0.15, 0.2) is 18.2 Å². The lowest BCUT2D eigenvalue weighted by atomic mass is 10.0. The van der Waals surface area contributed by atoms with Crippen molar-refractivity contribution >= 4 is 11.8 Å². The van der Waals surface area contributed by atoms with Gasteiger partial charge >= 0.3 is 0 Å². The molecule has 0 saturated carbocycles. The van der Waals surface area contributed by atoms with Gasteiger partial charge in [0.2, 0.25) is 0 Å². The first-order valence-electron chi connectivity index (χ1n) is 5.77. The third-order valence-electron chi connectivity index (χ3n) is 2.93. The van der Waals surface area contributed by atoms with Gasteiger partial charge in [0, 0.05) is 24.0 Å². The summed E-state index contributed by atoms with van der Waals surface area (Å²) in [5.74, 6) is 3.78. The van der Waals surface area contributed by atoms with Gasteiger partial charge in [0.25, 0.3) is 0 Å². The predicted molar refractivity (Wildman–Crippen MR) is 70.2 cm³/mol. The molecule has 0 bridgehead atoms. The van der Waals surface area contributed by atoms with Crippen LogP contribution < -0.4 is 9.47 Å². The van der Waals surface area contributed by atoms with E-state index in [9.17, 15) is 0 Å². The van der Waals surface area contributed by atoms with E-state index < -0.39 is 0 Å². The summed E-state index contributed by atoms with van der Waals surface area (Å²) in [4.78, 5) is 0. The van der Waals surface area contributed by atoms with Gasteiger partial charge in [-0.1, -0.05) is 13.0 Å². The van der Waals surface area contributed by atoms with Gasteiger partial charge in [0.15, 0.2) is 11.5 Å². The number of ether oxygens (including phenoxy) is 2. The summed E-state index contributed by atoms with van der Waals surface area (Å²) in [5.41, 5.74) is 1.07. The van der Waals surface area contributed by atoms with E-state index in [2.05, 4.69) is 0 Å². The van der Waals surface area contributed by atoms with Gasteiger partial charge in [0.1, 0.15) is 6.10 Å². The van der Waals surface area contributed by atoms with Crippen molar-refractivity contribution in [1.82, 2.24) is 0 Å². The van der Waals surface area contributed by atoms with E-state index in [0.29, 0.717) is 6.10 Å². The summed E-state index contributed by atoms with van der Waals surface area (Å²) < 4.78 is 11.2. The Morgan fingerprint density at radius 1 is 1.41 bits per heavy atom. The second-order valence-corrected chi connectivity index (χ2v) is 5.35. The highest BCUT2D eigenvalue weighted by atomic mass is 32.2. The lowest BCUT2D eigenvalue weighted by Gasteiger charge is -2.27. The van der Waals surface area contributed by atoms with E-state index in [0.717, 1.165) is 28.6 Å². The second kappa shape index (κ2) is 5.65. The van der Waals surface area contributed by atoms with Gasteiger partial charge in [-0.15, -0.1) is 0 Å². The number of benzene rings is 1. The number of thioether (sulfide) groups is 1. The van der Waals surface area contributed by atoms with Gasteiger partial charge in [0.05, 0.1) is 7.11 Å². The van der Waals surface area contributed by atoms with Gasteiger partial charge in [-0.25, -0.2) is 0 Å². The average molecular weight is 254 g/mol. The van der Waals surface area contributed by atoms with Crippen molar-refractivity contribution < 1.29 is 14.6 Å². The minimum absolute atomic E-state index is 0.122. The molecule has 1 aromatic rings. The smallest absolute Gasteiger partial charge is 0.161 e. The fourth-order valence-electron chi connectivity index (χ4n) is 1.66. The summed E-state index contributed by atoms with van der Waals surface area (Å²) in [6, 6.07) is 5.87. The fourth-order valence-corrected chi connectivity index (χ4v) is 2.22. The molecule has 1 unspecified atom stereocenters. The normalized spacial score (nSPS) is 17.4. The Kier molecular flexibility index (Phi) is 4.18. The van der Waals surface area contributed by atoms with Crippen LogP contribution in [0.3, 0.4) is 0 Å². The van der Waals surface area contributed by atoms with Crippen molar-refractivity contribution in [1.29, 1.82) is 0 Å². The van der Waals surface area contributed by atoms with Crippen LogP contribution in [0.25, 0.3) is 0 Å². The van der Waals surface area contributed by atoms with Crippen molar-refractivity contribution in [3.05, 3.63) is 23.8 Å². The van der Waals surface area contributed by atoms with E-state index in [-0.39, 0.29) is 12.5 Å². The quantitative estimate of drug-likeness (QED) is 0.875. The largest absolute Gasteiger partial charge is 0.493 e. The average Bonchev–Trinajstić information content (AvgIpc) is 2.32. The van der Waals surface area contributed by atoms with E-state index in [1.165, 1.54) is 0 Å². The summed E-state index contributed by atoms with van der Waals surface area (Å²) in [7, 11) is 1.64. The van der Waals surface area contributed by atoms with E-state index in [4.69, 9.17) is 14.6 Å². The van der Waals surface area contributed by atoms with Crippen molar-refractivity contribution in [3.8, 4) is 11.5 Å². The molecule has 0 spiro atoms. The predicted octanol–water partition coefficient (Wildman–Crippen LogP) is 2.29. The first-order valence-corrected chi connectivity index (χ1v) is 6.93. The van der Waals surface area contributed by atoms with Crippen molar-refractivity contribution in [2.24, 2.45) is 0 Å². The monoisotopic (exact) mass is 254 g/mol. The molecule has 17 heavy (non-hydrogen) atoms. The molecule has 1 N–H and O–H groups in total. The minimum Gasteiger partial charge on any atom is -0.493 e. The number of methoxy groups -OCH3 is 1. The molecular formula is C13H18O3S. The molecule has 1 fully saturated rings. The Labute approximate surface area is 106 Å². The Hall–Kier alpha value is -0.870. The van der Waals surface area contributed by atoms with E-state index >= 15 is 0 Å². The molecule has 0 aromatic heterocycles. The van der Waals surface area contributed by atoms with E-state index in [1.807, 2.05) is 36.9 Å². The second-order valence-electron chi connectivity index (χ2n) is 4.27. The number of hydrogen-bond acceptors (Lipinski definition) is 4. The van der Waals surface area contributed by atoms with Crippen molar-refractivity contribution in [3.63, 3.8) is 0 Å². The van der Waals surface area contributed by atoms with E-state index in [1.54, 1.807) is 7.11 Å². The highest BCUT2D eigenvalue weighted by Crippen LogP contribution is 2.33. The van der Waals surface area contributed by atoms with Gasteiger partial charge in [-0.3, -0.25) is 0 Å². The fraction of sp³-hybridized carbons (Fsp3) is 0.538. The summed E-state index contributed by atoms with van der Waals surface area (Å²) in [6.07, 6.45) is 0.315. The Balaban J connectivity index is 2.15. The zero-order chi connectivity index (χ0) is 12.3. The number of rotatable bonds is 5. The zero-order valence-electron chi connectivity index (χ0n) is 10.2. The molecule has 4 heteroatoms. The molecule has 3 nitrogen and oxygen atoms in total. The van der Waals surface area contributed by atoms with Crippen LogP contribution in [0.5, 0.6) is 11.5 Å². The van der Waals surface area contributed by atoms with Crippen LogP contribution >= 0.6 is 11.8 Å². The maximum atomic E-state index is 9.14. The number of hydrogen-bond donors (Lipinski definition) is 1. The molecule has 1 aliphatic heterocycles. The van der Waals surface area contributed by atoms with Crippen LogP contribution in [0, 0.1) is 0 Å². The Morgan fingerprint density at radius 3 is 2.71 bits per heavy atom. The Bertz CT molecular complexity index is 377. The molecule has 2 rings (SSSR count). The third-order valence-corrected chi connectivity index (χ3v) is 4.15. The molecule has 1 saturated heterocycles. The SMILES string of the molecule is COc1cc(C(C)CO)ccc1OC1CSC1. The standard InChI is InChI=1S/C13H18O3S/c1-9(6-14)10-3-4-12(13(5-10)15-2)16-11-7-17-8-11/h3-5,9,11,14H,6-8H2,1-2H3. The summed E-state index contributed by atoms with van der Waals surface area (Å²) in [5, 5.41) is 9.14. The molecular weight excluding hydrogens is 236 g/mol. The molecule has 1 aromatic carbocycles. The van der Waals surface area contributed by atoms with Crippen LogP contribution in [0.2, 0.25) is 0 Å². The molecule has 0 radical (unpaired) electrons. The maximum Gasteiger partial charge on any atom is 0.161 e. The van der Waals surface area contributed by atoms with Gasteiger partial charge < -0.3 is 14.6 Å². The van der Waals surface area contributed by atoms with Crippen LogP contribution in [-0.4, -0.2) is 36.4 Å². The first kappa shape index (κ1) is 12.6. The number of aliphatic hydroxyl groups excluding tert-OH is 1. The zero-order valence-corrected chi connectivity index (χ0v) is 11.0. The lowest BCUT2D eigenvalue weighted by Crippen LogP contribution is -2.31. The highest BCUT2D eigenvalue weighted by Gasteiger charge is 2.21. The van der Waals surface area contributed by atoms with Gasteiger partial charge in [-0.05, 0) is 17.7 Å². The molecule has 1 heterocycles. The summed E-state index contributed by atoms with van der Waals surface area (Å²) >= 11 is 1.89. The van der Waals surface area contributed by atoms with Gasteiger partial charge in [-0.2, -0.15) is 11.8 Å². The first-order chi connectivity index (χ1) is 8.24. The van der Waals surface area contributed by atoms with Crippen LogP contribution in [0.1, 0.15) is 18.4 Å². The number of aliphatic hydroxyl groups is 1.